The first-order valence-corrected chi connectivity index (χ1v) is 10.2. The molecule has 0 radical (unpaired) electrons. The predicted octanol–water partition coefficient (Wildman–Crippen LogP) is 3.15. The number of fused-ring (bicyclic) bond motifs is 1. The number of nitrogens with zero attached hydrogens (tertiary/aromatic N) is 3. The second kappa shape index (κ2) is 9.67. The minimum absolute atomic E-state index is 0.210. The molecule has 3 aromatic rings. The molecule has 1 aromatic carbocycles. The largest absolute Gasteiger partial charge is 0.493 e. The van der Waals surface area contributed by atoms with Gasteiger partial charge in [0.15, 0.2) is 18.2 Å². The zero-order chi connectivity index (χ0) is 23.3. The lowest BCUT2D eigenvalue weighted by atomic mass is 9.98. The standard InChI is InChI=1S/C23H28N4O5/c1-15-10-16(6-7-24-15)25-8-9-31-20-12-18-17(11-19(20)30-5)21(28)27(13-26-18)14-32-22(29)23(2,3)4/h6-7,10-13H,8-9,14H2,1-5H3,(H,24,25). The number of pyridine rings is 1. The lowest BCUT2D eigenvalue weighted by molar-refractivity contribution is -0.157. The van der Waals surface area contributed by atoms with E-state index in [1.54, 1.807) is 39.1 Å². The molecule has 0 saturated carbocycles. The van der Waals surface area contributed by atoms with Crippen LogP contribution in [0.4, 0.5) is 5.69 Å². The van der Waals surface area contributed by atoms with E-state index >= 15 is 0 Å². The molecule has 170 valence electrons. The van der Waals surface area contributed by atoms with Crippen molar-refractivity contribution in [3.05, 3.63) is 52.8 Å². The van der Waals surface area contributed by atoms with Crippen molar-refractivity contribution in [1.82, 2.24) is 14.5 Å². The van der Waals surface area contributed by atoms with Crippen LogP contribution in [-0.4, -0.2) is 40.8 Å². The van der Waals surface area contributed by atoms with Gasteiger partial charge in [-0.25, -0.2) is 4.98 Å². The summed E-state index contributed by atoms with van der Waals surface area (Å²) >= 11 is 0. The molecular weight excluding hydrogens is 412 g/mol. The van der Waals surface area contributed by atoms with E-state index in [1.807, 2.05) is 19.1 Å². The van der Waals surface area contributed by atoms with Crippen LogP contribution in [0, 0.1) is 12.3 Å². The third-order valence-electron chi connectivity index (χ3n) is 4.64. The van der Waals surface area contributed by atoms with E-state index < -0.39 is 11.4 Å². The third-order valence-corrected chi connectivity index (χ3v) is 4.64. The molecule has 3 rings (SSSR count). The van der Waals surface area contributed by atoms with E-state index in [9.17, 15) is 9.59 Å². The van der Waals surface area contributed by atoms with Gasteiger partial charge in [0.2, 0.25) is 0 Å². The Bertz CT molecular complexity index is 1170. The molecule has 0 saturated heterocycles. The Labute approximate surface area is 186 Å². The molecule has 2 heterocycles. The van der Waals surface area contributed by atoms with Gasteiger partial charge in [0.05, 0.1) is 23.4 Å². The van der Waals surface area contributed by atoms with Gasteiger partial charge in [0.25, 0.3) is 5.56 Å². The molecular formula is C23H28N4O5. The average molecular weight is 441 g/mol. The molecule has 0 unspecified atom stereocenters. The van der Waals surface area contributed by atoms with Gasteiger partial charge in [-0.2, -0.15) is 0 Å². The molecule has 9 nitrogen and oxygen atoms in total. The summed E-state index contributed by atoms with van der Waals surface area (Å²) in [5, 5.41) is 3.61. The van der Waals surface area contributed by atoms with E-state index in [1.165, 1.54) is 18.0 Å². The Kier molecular flexibility index (Phi) is 6.97. The number of aromatic nitrogens is 3. The molecule has 0 atom stereocenters. The van der Waals surface area contributed by atoms with Gasteiger partial charge in [-0.3, -0.25) is 19.1 Å². The van der Waals surface area contributed by atoms with Gasteiger partial charge >= 0.3 is 5.97 Å². The van der Waals surface area contributed by atoms with Gasteiger partial charge in [0, 0.05) is 30.2 Å². The van der Waals surface area contributed by atoms with Crippen molar-refractivity contribution < 1.29 is 19.0 Å². The maximum absolute atomic E-state index is 12.8. The second-order valence-electron chi connectivity index (χ2n) is 8.31. The summed E-state index contributed by atoms with van der Waals surface area (Å²) in [5.74, 6) is 0.499. The second-order valence-corrected chi connectivity index (χ2v) is 8.31. The highest BCUT2D eigenvalue weighted by atomic mass is 16.5. The van der Waals surface area contributed by atoms with Gasteiger partial charge in [0.1, 0.15) is 12.9 Å². The molecule has 9 heteroatoms. The number of carbonyl (C=O) groups is 1. The number of carbonyl (C=O) groups excluding carboxylic acids is 1. The summed E-state index contributed by atoms with van der Waals surface area (Å²) < 4.78 is 17.7. The first kappa shape index (κ1) is 23.1. The maximum Gasteiger partial charge on any atom is 0.312 e. The molecule has 0 aliphatic heterocycles. The molecule has 2 aromatic heterocycles. The molecule has 1 N–H and O–H groups in total. The minimum atomic E-state index is -0.658. The van der Waals surface area contributed by atoms with Gasteiger partial charge in [-0.15, -0.1) is 0 Å². The summed E-state index contributed by atoms with van der Waals surface area (Å²) in [6.07, 6.45) is 3.09. The lowest BCUT2D eigenvalue weighted by Crippen LogP contribution is -2.28. The molecule has 0 bridgehead atoms. The summed E-state index contributed by atoms with van der Waals surface area (Å²) in [7, 11) is 1.51. The lowest BCUT2D eigenvalue weighted by Gasteiger charge is -2.17. The number of hydrogen-bond donors (Lipinski definition) is 1. The van der Waals surface area contributed by atoms with Gasteiger partial charge < -0.3 is 19.5 Å². The fraction of sp³-hybridized carbons (Fsp3) is 0.391. The number of ether oxygens (including phenoxy) is 3. The number of nitrogens with one attached hydrogen (secondary N) is 1. The number of rotatable bonds is 8. The van der Waals surface area contributed by atoms with Crippen LogP contribution >= 0.6 is 0 Å². The Balaban J connectivity index is 1.72. The van der Waals surface area contributed by atoms with Crippen LogP contribution in [0.5, 0.6) is 11.5 Å². The molecule has 32 heavy (non-hydrogen) atoms. The zero-order valence-corrected chi connectivity index (χ0v) is 19.0. The van der Waals surface area contributed by atoms with Crippen molar-refractivity contribution in [1.29, 1.82) is 0 Å². The molecule has 0 aliphatic rings. The first-order chi connectivity index (χ1) is 15.2. The van der Waals surface area contributed by atoms with Crippen LogP contribution in [0.1, 0.15) is 26.5 Å². The number of benzene rings is 1. The third kappa shape index (κ3) is 5.54. The average Bonchev–Trinajstić information content (AvgIpc) is 2.75. The highest BCUT2D eigenvalue weighted by Gasteiger charge is 2.23. The number of aryl methyl sites for hydroxylation is 1. The van der Waals surface area contributed by atoms with Crippen LogP contribution < -0.4 is 20.3 Å². The Morgan fingerprint density at radius 3 is 2.62 bits per heavy atom. The zero-order valence-electron chi connectivity index (χ0n) is 19.0. The number of esters is 1. The first-order valence-electron chi connectivity index (χ1n) is 10.2. The number of anilines is 1. The molecule has 0 amide bonds. The Morgan fingerprint density at radius 1 is 1.16 bits per heavy atom. The van der Waals surface area contributed by atoms with Crippen molar-refractivity contribution in [2.24, 2.45) is 5.41 Å². The van der Waals surface area contributed by atoms with Crippen molar-refractivity contribution in [2.45, 2.75) is 34.4 Å². The summed E-state index contributed by atoms with van der Waals surface area (Å²) in [6, 6.07) is 7.08. The summed E-state index contributed by atoms with van der Waals surface area (Å²) in [4.78, 5) is 33.3. The van der Waals surface area contributed by atoms with Crippen LogP contribution in [0.3, 0.4) is 0 Å². The predicted molar refractivity (Wildman–Crippen MR) is 121 cm³/mol. The quantitative estimate of drug-likeness (QED) is 0.421. The highest BCUT2D eigenvalue weighted by molar-refractivity contribution is 5.81. The normalized spacial score (nSPS) is 11.3. The van der Waals surface area contributed by atoms with Gasteiger partial charge in [-0.1, -0.05) is 0 Å². The summed E-state index contributed by atoms with van der Waals surface area (Å²) in [6.45, 7) is 7.90. The molecule has 0 fully saturated rings. The monoisotopic (exact) mass is 440 g/mol. The van der Waals surface area contributed by atoms with Crippen molar-refractivity contribution in [3.8, 4) is 11.5 Å². The highest BCUT2D eigenvalue weighted by Crippen LogP contribution is 2.30. The number of hydrogen-bond acceptors (Lipinski definition) is 8. The fourth-order valence-electron chi connectivity index (χ4n) is 2.89. The van der Waals surface area contributed by atoms with E-state index in [2.05, 4.69) is 15.3 Å². The van der Waals surface area contributed by atoms with E-state index in [-0.39, 0.29) is 12.3 Å². The SMILES string of the molecule is COc1cc2c(=O)n(COC(=O)C(C)(C)C)cnc2cc1OCCNc1ccnc(C)c1. The fourth-order valence-corrected chi connectivity index (χ4v) is 2.89. The molecule has 0 aliphatic carbocycles. The van der Waals surface area contributed by atoms with E-state index in [4.69, 9.17) is 14.2 Å². The number of methoxy groups -OCH3 is 1. The van der Waals surface area contributed by atoms with Crippen LogP contribution in [-0.2, 0) is 16.3 Å². The van der Waals surface area contributed by atoms with Crippen molar-refractivity contribution in [2.75, 3.05) is 25.6 Å². The van der Waals surface area contributed by atoms with Crippen molar-refractivity contribution >= 4 is 22.6 Å². The van der Waals surface area contributed by atoms with Crippen LogP contribution in [0.15, 0.2) is 41.6 Å². The van der Waals surface area contributed by atoms with E-state index in [0.717, 1.165) is 11.4 Å². The summed E-state index contributed by atoms with van der Waals surface area (Å²) in [5.41, 5.74) is 1.35. The topological polar surface area (TPSA) is 105 Å². The maximum atomic E-state index is 12.8. The Morgan fingerprint density at radius 2 is 1.94 bits per heavy atom. The smallest absolute Gasteiger partial charge is 0.312 e. The van der Waals surface area contributed by atoms with Crippen LogP contribution in [0.25, 0.3) is 10.9 Å². The van der Waals surface area contributed by atoms with E-state index in [0.29, 0.717) is 35.6 Å². The molecule has 0 spiro atoms. The van der Waals surface area contributed by atoms with Gasteiger partial charge in [-0.05, 0) is 45.9 Å². The van der Waals surface area contributed by atoms with Crippen LogP contribution in [0.2, 0.25) is 0 Å². The Hall–Kier alpha value is -3.62. The minimum Gasteiger partial charge on any atom is -0.493 e. The van der Waals surface area contributed by atoms with Crippen molar-refractivity contribution in [3.63, 3.8) is 0 Å².